The fraction of sp³-hybridized carbons (Fsp3) is 0.0690. The van der Waals surface area contributed by atoms with Gasteiger partial charge in [-0.2, -0.15) is 0 Å². The van der Waals surface area contributed by atoms with Gasteiger partial charge in [0.1, 0.15) is 12.4 Å². The number of halogens is 1. The van der Waals surface area contributed by atoms with E-state index in [1.54, 1.807) is 18.2 Å². The normalized spacial score (nSPS) is 11.0. The van der Waals surface area contributed by atoms with Crippen LogP contribution in [0.4, 0.5) is 0 Å². The number of carboxylic acids is 1. The Kier molecular flexibility index (Phi) is 5.95. The summed E-state index contributed by atoms with van der Waals surface area (Å²) >= 11 is 3.59. The van der Waals surface area contributed by atoms with E-state index < -0.39 is 5.97 Å². The lowest BCUT2D eigenvalue weighted by Crippen LogP contribution is -2.04. The van der Waals surface area contributed by atoms with Crippen LogP contribution in [-0.2, 0) is 6.61 Å². The molecule has 1 N–H and O–H groups in total. The minimum atomic E-state index is -0.949. The molecule has 34 heavy (non-hydrogen) atoms. The van der Waals surface area contributed by atoms with Gasteiger partial charge in [-0.05, 0) is 77.9 Å². The van der Waals surface area contributed by atoms with E-state index in [0.717, 1.165) is 38.4 Å². The number of rotatable bonds is 6. The van der Waals surface area contributed by atoms with E-state index in [9.17, 15) is 9.90 Å². The standard InChI is InChI=1S/C29H22BrNO3/c1-19-9-13-27(31(19)25-8-4-7-23(16-25)29(32)33)26-17-24(30)12-14-28(26)34-18-20-10-11-21-5-2-3-6-22(21)15-20/h2-17H,18H2,1H3,(H,32,33). The highest BCUT2D eigenvalue weighted by Crippen LogP contribution is 2.36. The van der Waals surface area contributed by atoms with Crippen molar-refractivity contribution in [3.05, 3.63) is 118 Å². The quantitative estimate of drug-likeness (QED) is 0.254. The number of hydrogen-bond donors (Lipinski definition) is 1. The minimum Gasteiger partial charge on any atom is -0.488 e. The summed E-state index contributed by atoms with van der Waals surface area (Å²) in [6.07, 6.45) is 0. The molecule has 0 aliphatic heterocycles. The van der Waals surface area contributed by atoms with E-state index in [0.29, 0.717) is 6.61 Å². The molecule has 0 fully saturated rings. The molecule has 4 nitrogen and oxygen atoms in total. The maximum atomic E-state index is 11.5. The van der Waals surface area contributed by atoms with Crippen molar-refractivity contribution in [3.63, 3.8) is 0 Å². The minimum absolute atomic E-state index is 0.249. The van der Waals surface area contributed by atoms with Crippen molar-refractivity contribution in [3.8, 4) is 22.7 Å². The zero-order valence-electron chi connectivity index (χ0n) is 18.5. The molecule has 0 aliphatic rings. The lowest BCUT2D eigenvalue weighted by atomic mass is 10.1. The molecule has 4 aromatic carbocycles. The topological polar surface area (TPSA) is 51.5 Å². The molecule has 5 rings (SSSR count). The molecule has 5 heteroatoms. The van der Waals surface area contributed by atoms with Gasteiger partial charge < -0.3 is 14.4 Å². The summed E-state index contributed by atoms with van der Waals surface area (Å²) in [5.41, 5.74) is 4.97. The van der Waals surface area contributed by atoms with Gasteiger partial charge in [-0.1, -0.05) is 58.4 Å². The van der Waals surface area contributed by atoms with E-state index in [4.69, 9.17) is 4.74 Å². The van der Waals surface area contributed by atoms with E-state index in [-0.39, 0.29) is 5.56 Å². The molecule has 0 amide bonds. The number of benzene rings is 4. The molecule has 0 atom stereocenters. The lowest BCUT2D eigenvalue weighted by molar-refractivity contribution is 0.0697. The van der Waals surface area contributed by atoms with Crippen LogP contribution in [-0.4, -0.2) is 15.6 Å². The van der Waals surface area contributed by atoms with Crippen LogP contribution in [0.3, 0.4) is 0 Å². The summed E-state index contributed by atoms with van der Waals surface area (Å²) in [4.78, 5) is 11.5. The molecule has 1 heterocycles. The van der Waals surface area contributed by atoms with E-state index in [2.05, 4.69) is 50.8 Å². The van der Waals surface area contributed by atoms with Crippen molar-refractivity contribution in [1.82, 2.24) is 4.57 Å². The van der Waals surface area contributed by atoms with Crippen molar-refractivity contribution in [1.29, 1.82) is 0 Å². The molecule has 0 saturated carbocycles. The third kappa shape index (κ3) is 4.35. The molecule has 0 radical (unpaired) electrons. The van der Waals surface area contributed by atoms with Crippen LogP contribution >= 0.6 is 15.9 Å². The maximum absolute atomic E-state index is 11.5. The van der Waals surface area contributed by atoms with Crippen LogP contribution in [0.2, 0.25) is 0 Å². The molecular formula is C29H22BrNO3. The third-order valence-electron chi connectivity index (χ3n) is 5.85. The zero-order chi connectivity index (χ0) is 23.7. The second-order valence-corrected chi connectivity index (χ2v) is 9.08. The van der Waals surface area contributed by atoms with Crippen LogP contribution < -0.4 is 4.74 Å². The molecule has 0 spiro atoms. The average molecular weight is 512 g/mol. The first kappa shape index (κ1) is 22.0. The third-order valence-corrected chi connectivity index (χ3v) is 6.35. The fourth-order valence-electron chi connectivity index (χ4n) is 4.19. The largest absolute Gasteiger partial charge is 0.488 e. The Balaban J connectivity index is 1.52. The summed E-state index contributed by atoms with van der Waals surface area (Å²) in [5.74, 6) is -0.194. The highest BCUT2D eigenvalue weighted by Gasteiger charge is 2.16. The van der Waals surface area contributed by atoms with E-state index in [1.807, 2.05) is 55.5 Å². The molecule has 0 unspecified atom stereocenters. The number of aromatic carboxylic acids is 1. The van der Waals surface area contributed by atoms with Gasteiger partial charge in [0, 0.05) is 21.4 Å². The number of fused-ring (bicyclic) bond motifs is 1. The van der Waals surface area contributed by atoms with Gasteiger partial charge in [0.05, 0.1) is 11.3 Å². The Labute approximate surface area is 206 Å². The van der Waals surface area contributed by atoms with Crippen molar-refractivity contribution < 1.29 is 14.6 Å². The van der Waals surface area contributed by atoms with Crippen LogP contribution in [0.1, 0.15) is 21.6 Å². The second kappa shape index (κ2) is 9.20. The van der Waals surface area contributed by atoms with Crippen molar-refractivity contribution in [2.45, 2.75) is 13.5 Å². The van der Waals surface area contributed by atoms with Crippen LogP contribution in [0.25, 0.3) is 27.7 Å². The molecule has 0 bridgehead atoms. The number of nitrogens with zero attached hydrogens (tertiary/aromatic N) is 1. The van der Waals surface area contributed by atoms with Crippen LogP contribution in [0.5, 0.6) is 5.75 Å². The summed E-state index contributed by atoms with van der Waals surface area (Å²) in [6, 6.07) is 31.6. The number of aromatic nitrogens is 1. The molecular weight excluding hydrogens is 490 g/mol. The van der Waals surface area contributed by atoms with Gasteiger partial charge >= 0.3 is 5.97 Å². The summed E-state index contributed by atoms with van der Waals surface area (Å²) in [5, 5.41) is 11.8. The van der Waals surface area contributed by atoms with Gasteiger partial charge in [-0.3, -0.25) is 0 Å². The number of aryl methyl sites for hydroxylation is 1. The summed E-state index contributed by atoms with van der Waals surface area (Å²) < 4.78 is 9.30. The van der Waals surface area contributed by atoms with E-state index in [1.165, 1.54) is 10.8 Å². The van der Waals surface area contributed by atoms with Crippen molar-refractivity contribution in [2.24, 2.45) is 0 Å². The first-order valence-corrected chi connectivity index (χ1v) is 11.7. The molecule has 0 saturated heterocycles. The molecule has 168 valence electrons. The molecule has 1 aromatic heterocycles. The van der Waals surface area contributed by atoms with Crippen molar-refractivity contribution >= 4 is 32.7 Å². The number of carbonyl (C=O) groups is 1. The molecule has 0 aliphatic carbocycles. The Morgan fingerprint density at radius 3 is 2.53 bits per heavy atom. The zero-order valence-corrected chi connectivity index (χ0v) is 20.1. The SMILES string of the molecule is Cc1ccc(-c2cc(Br)ccc2OCc2ccc3ccccc3c2)n1-c1cccc(C(=O)O)c1. The van der Waals surface area contributed by atoms with Gasteiger partial charge in [-0.25, -0.2) is 4.79 Å². The molecule has 5 aromatic rings. The van der Waals surface area contributed by atoms with Gasteiger partial charge in [0.15, 0.2) is 0 Å². The van der Waals surface area contributed by atoms with Crippen LogP contribution in [0, 0.1) is 6.92 Å². The second-order valence-electron chi connectivity index (χ2n) is 8.16. The summed E-state index contributed by atoms with van der Waals surface area (Å²) in [7, 11) is 0. The Morgan fingerprint density at radius 1 is 0.882 bits per heavy atom. The van der Waals surface area contributed by atoms with Gasteiger partial charge in [0.2, 0.25) is 0 Å². The highest BCUT2D eigenvalue weighted by atomic mass is 79.9. The Morgan fingerprint density at radius 2 is 1.71 bits per heavy atom. The Hall–Kier alpha value is -3.83. The predicted molar refractivity (Wildman–Crippen MR) is 139 cm³/mol. The average Bonchev–Trinajstić information content (AvgIpc) is 3.24. The summed E-state index contributed by atoms with van der Waals surface area (Å²) in [6.45, 7) is 2.44. The van der Waals surface area contributed by atoms with Gasteiger partial charge in [0.25, 0.3) is 0 Å². The first-order chi connectivity index (χ1) is 16.5. The highest BCUT2D eigenvalue weighted by molar-refractivity contribution is 9.10. The Bertz CT molecular complexity index is 1520. The number of carboxylic acid groups (broad SMARTS) is 1. The van der Waals surface area contributed by atoms with E-state index >= 15 is 0 Å². The maximum Gasteiger partial charge on any atom is 0.335 e. The first-order valence-electron chi connectivity index (χ1n) is 10.9. The smallest absolute Gasteiger partial charge is 0.335 e. The predicted octanol–water partition coefficient (Wildman–Crippen LogP) is 7.65. The number of ether oxygens (including phenoxy) is 1. The van der Waals surface area contributed by atoms with Crippen LogP contribution in [0.15, 0.2) is 102 Å². The fourth-order valence-corrected chi connectivity index (χ4v) is 4.55. The number of hydrogen-bond acceptors (Lipinski definition) is 2. The lowest BCUT2D eigenvalue weighted by Gasteiger charge is -2.17. The van der Waals surface area contributed by atoms with Crippen molar-refractivity contribution in [2.75, 3.05) is 0 Å². The monoisotopic (exact) mass is 511 g/mol. The van der Waals surface area contributed by atoms with Gasteiger partial charge in [-0.15, -0.1) is 0 Å².